The number of hydrogen-bond donors (Lipinski definition) is 2. The molecule has 0 saturated carbocycles. The number of carbonyl (C=O) groups excluding carboxylic acids is 1. The highest BCUT2D eigenvalue weighted by Crippen LogP contribution is 2.31. The highest BCUT2D eigenvalue weighted by atomic mass is 32.2. The van der Waals surface area contributed by atoms with E-state index < -0.39 is 5.60 Å². The molecule has 0 aliphatic carbocycles. The monoisotopic (exact) mass is 403 g/mol. The van der Waals surface area contributed by atoms with Crippen molar-refractivity contribution in [1.29, 1.82) is 0 Å². The van der Waals surface area contributed by atoms with Crippen LogP contribution in [0.4, 0.5) is 4.39 Å². The Balaban J connectivity index is 2.14. The third-order valence-corrected chi connectivity index (χ3v) is 5.56. The van der Waals surface area contributed by atoms with Crippen molar-refractivity contribution in [2.45, 2.75) is 70.3 Å². The summed E-state index contributed by atoms with van der Waals surface area (Å²) in [6, 6.07) is 10.7. The molecule has 5 heteroatoms. The SMILES string of the molecule is CC(C)c1ccc(F)c(C(C)C)c1CC(=O)NSc1ccc(C(C)(C)O)cc1. The minimum Gasteiger partial charge on any atom is -0.386 e. The predicted octanol–water partition coefficient (Wildman–Crippen LogP) is 5.67. The molecule has 2 N–H and O–H groups in total. The highest BCUT2D eigenvalue weighted by molar-refractivity contribution is 7.98. The van der Waals surface area contributed by atoms with Gasteiger partial charge in [-0.15, -0.1) is 0 Å². The Labute approximate surface area is 171 Å². The summed E-state index contributed by atoms with van der Waals surface area (Å²) in [5.74, 6) is -0.200. The summed E-state index contributed by atoms with van der Waals surface area (Å²) in [5.41, 5.74) is 2.34. The fraction of sp³-hybridized carbons (Fsp3) is 0.435. The smallest absolute Gasteiger partial charge is 0.234 e. The fourth-order valence-corrected chi connectivity index (χ4v) is 3.83. The van der Waals surface area contributed by atoms with Crippen LogP contribution in [0.5, 0.6) is 0 Å². The first-order valence-corrected chi connectivity index (χ1v) is 10.4. The van der Waals surface area contributed by atoms with Crippen molar-refractivity contribution < 1.29 is 14.3 Å². The molecule has 0 unspecified atom stereocenters. The van der Waals surface area contributed by atoms with E-state index in [1.807, 2.05) is 38.1 Å². The molecule has 2 aromatic carbocycles. The zero-order valence-electron chi connectivity index (χ0n) is 17.5. The molecule has 0 atom stereocenters. The van der Waals surface area contributed by atoms with Gasteiger partial charge in [0.05, 0.1) is 12.0 Å². The quantitative estimate of drug-likeness (QED) is 0.586. The molecule has 0 bridgehead atoms. The number of amides is 1. The summed E-state index contributed by atoms with van der Waals surface area (Å²) >= 11 is 1.22. The average molecular weight is 404 g/mol. The maximum atomic E-state index is 14.4. The molecule has 152 valence electrons. The van der Waals surface area contributed by atoms with E-state index in [-0.39, 0.29) is 30.0 Å². The molecule has 0 spiro atoms. The molecule has 0 saturated heterocycles. The molecule has 2 rings (SSSR count). The molecule has 28 heavy (non-hydrogen) atoms. The van der Waals surface area contributed by atoms with Gasteiger partial charge in [-0.3, -0.25) is 9.52 Å². The molecule has 2 aromatic rings. The number of benzene rings is 2. The molecule has 1 amide bonds. The van der Waals surface area contributed by atoms with Gasteiger partial charge in [0, 0.05) is 4.90 Å². The number of rotatable bonds is 7. The maximum absolute atomic E-state index is 14.4. The first-order valence-electron chi connectivity index (χ1n) is 9.60. The lowest BCUT2D eigenvalue weighted by Crippen LogP contribution is -2.21. The summed E-state index contributed by atoms with van der Waals surface area (Å²) in [6.07, 6.45) is 0.146. The van der Waals surface area contributed by atoms with Gasteiger partial charge in [-0.1, -0.05) is 45.9 Å². The van der Waals surface area contributed by atoms with E-state index in [9.17, 15) is 14.3 Å². The van der Waals surface area contributed by atoms with Crippen molar-refractivity contribution in [3.8, 4) is 0 Å². The molecular weight excluding hydrogens is 373 g/mol. The van der Waals surface area contributed by atoms with Crippen molar-refractivity contribution in [3.63, 3.8) is 0 Å². The van der Waals surface area contributed by atoms with Gasteiger partial charge in [-0.2, -0.15) is 0 Å². The Hall–Kier alpha value is -1.85. The first kappa shape index (κ1) is 22.4. The minimum atomic E-state index is -0.898. The minimum absolute atomic E-state index is 0.00327. The number of halogens is 1. The van der Waals surface area contributed by atoms with Gasteiger partial charge in [0.15, 0.2) is 0 Å². The first-order chi connectivity index (χ1) is 13.0. The van der Waals surface area contributed by atoms with E-state index in [2.05, 4.69) is 18.6 Å². The van der Waals surface area contributed by atoms with Gasteiger partial charge in [0.2, 0.25) is 5.91 Å². The lowest BCUT2D eigenvalue weighted by molar-refractivity contribution is -0.118. The second kappa shape index (κ2) is 9.10. The normalized spacial score (nSPS) is 11.9. The second-order valence-electron chi connectivity index (χ2n) is 8.23. The zero-order chi connectivity index (χ0) is 21.1. The molecule has 0 aromatic heterocycles. The molecule has 3 nitrogen and oxygen atoms in total. The van der Waals surface area contributed by atoms with Crippen LogP contribution < -0.4 is 4.72 Å². The fourth-order valence-electron chi connectivity index (χ4n) is 3.26. The summed E-state index contributed by atoms with van der Waals surface area (Å²) < 4.78 is 17.3. The number of carbonyl (C=O) groups is 1. The van der Waals surface area contributed by atoms with Crippen LogP contribution in [0.25, 0.3) is 0 Å². The van der Waals surface area contributed by atoms with E-state index in [4.69, 9.17) is 0 Å². The van der Waals surface area contributed by atoms with Crippen molar-refractivity contribution in [2.75, 3.05) is 0 Å². The highest BCUT2D eigenvalue weighted by Gasteiger charge is 2.20. The summed E-state index contributed by atoms with van der Waals surface area (Å²) in [5, 5.41) is 10.0. The van der Waals surface area contributed by atoms with Gasteiger partial charge in [-0.05, 0) is 78.1 Å². The Bertz CT molecular complexity index is 824. The molecular formula is C23H30FNO2S. The largest absolute Gasteiger partial charge is 0.386 e. The topological polar surface area (TPSA) is 49.3 Å². The molecule has 0 fully saturated rings. The van der Waals surface area contributed by atoms with Crippen LogP contribution in [-0.2, 0) is 16.8 Å². The summed E-state index contributed by atoms with van der Waals surface area (Å²) in [4.78, 5) is 13.4. The van der Waals surface area contributed by atoms with Crippen LogP contribution in [-0.4, -0.2) is 11.0 Å². The van der Waals surface area contributed by atoms with Crippen molar-refractivity contribution in [2.24, 2.45) is 0 Å². The average Bonchev–Trinajstić information content (AvgIpc) is 2.59. The van der Waals surface area contributed by atoms with Gasteiger partial charge in [0.25, 0.3) is 0 Å². The predicted molar refractivity (Wildman–Crippen MR) is 114 cm³/mol. The van der Waals surface area contributed by atoms with Crippen molar-refractivity contribution >= 4 is 17.9 Å². The Morgan fingerprint density at radius 1 is 1.07 bits per heavy atom. The van der Waals surface area contributed by atoms with Crippen LogP contribution in [0, 0.1) is 5.82 Å². The van der Waals surface area contributed by atoms with Gasteiger partial charge < -0.3 is 5.11 Å². The van der Waals surface area contributed by atoms with Crippen LogP contribution in [0.15, 0.2) is 41.3 Å². The van der Waals surface area contributed by atoms with E-state index in [1.165, 1.54) is 18.0 Å². The third-order valence-electron chi connectivity index (χ3n) is 4.72. The molecule has 0 heterocycles. The lowest BCUT2D eigenvalue weighted by atomic mass is 9.86. The van der Waals surface area contributed by atoms with E-state index in [0.29, 0.717) is 5.56 Å². The Morgan fingerprint density at radius 3 is 2.18 bits per heavy atom. The molecule has 0 aliphatic heterocycles. The summed E-state index contributed by atoms with van der Waals surface area (Å²) in [7, 11) is 0. The van der Waals surface area contributed by atoms with Crippen LogP contribution in [0.1, 0.15) is 75.6 Å². The van der Waals surface area contributed by atoms with Gasteiger partial charge in [-0.25, -0.2) is 4.39 Å². The third kappa shape index (κ3) is 5.58. The lowest BCUT2D eigenvalue weighted by Gasteiger charge is -2.20. The summed E-state index contributed by atoms with van der Waals surface area (Å²) in [6.45, 7) is 11.5. The van der Waals surface area contributed by atoms with Crippen molar-refractivity contribution in [3.05, 3.63) is 64.5 Å². The Kier molecular flexibility index (Phi) is 7.29. The van der Waals surface area contributed by atoms with E-state index >= 15 is 0 Å². The van der Waals surface area contributed by atoms with E-state index in [1.54, 1.807) is 19.9 Å². The second-order valence-corrected chi connectivity index (χ2v) is 9.11. The van der Waals surface area contributed by atoms with Crippen molar-refractivity contribution in [1.82, 2.24) is 4.72 Å². The zero-order valence-corrected chi connectivity index (χ0v) is 18.3. The number of hydrogen-bond acceptors (Lipinski definition) is 3. The maximum Gasteiger partial charge on any atom is 0.234 e. The van der Waals surface area contributed by atoms with Crippen LogP contribution >= 0.6 is 11.9 Å². The van der Waals surface area contributed by atoms with Crippen LogP contribution in [0.2, 0.25) is 0 Å². The standard InChI is InChI=1S/C23H30FNO2S/c1-14(2)18-11-12-20(24)22(15(3)4)19(18)13-21(26)25-28-17-9-7-16(8-10-17)23(5,6)27/h7-12,14-15,27H,13H2,1-6H3,(H,25,26). The number of aliphatic hydroxyl groups is 1. The Morgan fingerprint density at radius 2 is 1.68 bits per heavy atom. The van der Waals surface area contributed by atoms with Gasteiger partial charge >= 0.3 is 0 Å². The molecule has 0 aliphatic rings. The number of nitrogens with one attached hydrogen (secondary N) is 1. The van der Waals surface area contributed by atoms with E-state index in [0.717, 1.165) is 21.6 Å². The van der Waals surface area contributed by atoms with Gasteiger partial charge in [0.1, 0.15) is 5.82 Å². The van der Waals surface area contributed by atoms with Crippen LogP contribution in [0.3, 0.4) is 0 Å². The molecule has 0 radical (unpaired) electrons.